The molecular weight excluding hydrogens is 351 g/mol. The van der Waals surface area contributed by atoms with Crippen LogP contribution < -0.4 is 0 Å². The fourth-order valence-electron chi connectivity index (χ4n) is 0. The first-order valence-corrected chi connectivity index (χ1v) is 0.651. The Labute approximate surface area is 121 Å². The van der Waals surface area contributed by atoms with E-state index in [9.17, 15) is 0 Å². The molecule has 0 saturated carbocycles. The van der Waals surface area contributed by atoms with E-state index >= 15 is 0 Å². The SMILES string of the molecule is O.O=C(O)O.[BaH2].[BaH2]. The number of hydrogen-bond acceptors (Lipinski definition) is 1. The first-order chi connectivity index (χ1) is 1.73. The van der Waals surface area contributed by atoms with E-state index in [0.29, 0.717) is 0 Å². The van der Waals surface area contributed by atoms with Crippen LogP contribution in [0.3, 0.4) is 0 Å². The molecule has 0 saturated heterocycles. The summed E-state index contributed by atoms with van der Waals surface area (Å²) in [6.45, 7) is 0. The van der Waals surface area contributed by atoms with E-state index in [1.807, 2.05) is 0 Å². The van der Waals surface area contributed by atoms with Gasteiger partial charge in [-0.1, -0.05) is 0 Å². The van der Waals surface area contributed by atoms with E-state index in [4.69, 9.17) is 15.0 Å². The third-order valence-electron chi connectivity index (χ3n) is 0. The maximum atomic E-state index is 8.56. The van der Waals surface area contributed by atoms with Gasteiger partial charge in [-0.3, -0.25) is 0 Å². The standard InChI is InChI=1S/CH2O3.2Ba.H2O.4H/c2-1(3)4;;;;;;;/h(H2,2,3,4);;;1H2;;;;. The van der Waals surface area contributed by atoms with Gasteiger partial charge in [0, 0.05) is 0 Å². The van der Waals surface area contributed by atoms with Crippen molar-refractivity contribution >= 4 is 104 Å². The number of rotatable bonds is 0. The van der Waals surface area contributed by atoms with Gasteiger partial charge in [0.1, 0.15) is 0 Å². The average molecular weight is 359 g/mol. The zero-order valence-electron chi connectivity index (χ0n) is 2.30. The van der Waals surface area contributed by atoms with Crippen LogP contribution in [0.15, 0.2) is 0 Å². The van der Waals surface area contributed by atoms with Gasteiger partial charge in [-0.2, -0.15) is 0 Å². The van der Waals surface area contributed by atoms with Gasteiger partial charge >= 0.3 is 104 Å². The molecule has 0 aliphatic heterocycles. The molecule has 0 aromatic rings. The van der Waals surface area contributed by atoms with Crippen LogP contribution in [-0.2, 0) is 0 Å². The van der Waals surface area contributed by atoms with Gasteiger partial charge in [0.15, 0.2) is 0 Å². The molecule has 40 valence electrons. The average Bonchev–Trinajstić information content (AvgIpc) is 0.811. The van der Waals surface area contributed by atoms with E-state index < -0.39 is 6.16 Å². The predicted octanol–water partition coefficient (Wildman–Crippen LogP) is -2.43. The molecule has 0 aliphatic rings. The molecule has 0 unspecified atom stereocenters. The fraction of sp³-hybridized carbons (Fsp3) is 0. The normalized spacial score (nSPS) is 3.43. The molecule has 4 N–H and O–H groups in total. The molecular formula is CH8Ba2O4. The van der Waals surface area contributed by atoms with Crippen molar-refractivity contribution in [3.8, 4) is 0 Å². The molecule has 0 amide bonds. The van der Waals surface area contributed by atoms with Crippen LogP contribution in [0.1, 0.15) is 0 Å². The molecule has 0 radical (unpaired) electrons. The molecule has 7 heavy (non-hydrogen) atoms. The summed E-state index contributed by atoms with van der Waals surface area (Å²) in [5.74, 6) is 0. The van der Waals surface area contributed by atoms with Crippen LogP contribution in [-0.4, -0.2) is 120 Å². The van der Waals surface area contributed by atoms with Crippen LogP contribution in [0.25, 0.3) is 0 Å². The van der Waals surface area contributed by atoms with Crippen LogP contribution >= 0.6 is 0 Å². The monoisotopic (exact) mass is 360 g/mol. The van der Waals surface area contributed by atoms with Crippen LogP contribution in [0.2, 0.25) is 0 Å². The molecule has 0 aromatic carbocycles. The van der Waals surface area contributed by atoms with Gasteiger partial charge in [0.05, 0.1) is 0 Å². The van der Waals surface area contributed by atoms with E-state index in [1.165, 1.54) is 0 Å². The van der Waals surface area contributed by atoms with Crippen molar-refractivity contribution in [3.63, 3.8) is 0 Å². The molecule has 0 aromatic heterocycles. The van der Waals surface area contributed by atoms with Gasteiger partial charge in [-0.15, -0.1) is 0 Å². The summed E-state index contributed by atoms with van der Waals surface area (Å²) in [6.07, 6.45) is -1.83. The Hall–Kier alpha value is 2.37. The molecule has 4 nitrogen and oxygen atoms in total. The van der Waals surface area contributed by atoms with Crippen molar-refractivity contribution in [1.82, 2.24) is 0 Å². The van der Waals surface area contributed by atoms with Crippen molar-refractivity contribution in [2.45, 2.75) is 0 Å². The summed E-state index contributed by atoms with van der Waals surface area (Å²) < 4.78 is 0. The first-order valence-electron chi connectivity index (χ1n) is 0.651. The number of carbonyl (C=O) groups is 1. The summed E-state index contributed by atoms with van der Waals surface area (Å²) in [4.78, 5) is 8.56. The minimum absolute atomic E-state index is 0. The van der Waals surface area contributed by atoms with Crippen molar-refractivity contribution in [3.05, 3.63) is 0 Å². The second-order valence-electron chi connectivity index (χ2n) is 0.283. The Morgan fingerprint density at radius 3 is 1.14 bits per heavy atom. The second kappa shape index (κ2) is 15.8. The third kappa shape index (κ3) is 60.4. The zero-order chi connectivity index (χ0) is 3.58. The van der Waals surface area contributed by atoms with Crippen molar-refractivity contribution < 1.29 is 20.5 Å². The Bertz CT molecular complexity index is 32.7. The number of hydrogen-bond donors (Lipinski definition) is 2. The van der Waals surface area contributed by atoms with Crippen LogP contribution in [0.4, 0.5) is 4.79 Å². The minimum atomic E-state index is -1.83. The molecule has 0 aliphatic carbocycles. The first kappa shape index (κ1) is 22.8. The molecule has 0 heterocycles. The maximum absolute atomic E-state index is 8.56. The van der Waals surface area contributed by atoms with E-state index in [-0.39, 0.29) is 103 Å². The summed E-state index contributed by atoms with van der Waals surface area (Å²) in [5, 5.41) is 13.9. The molecule has 0 fully saturated rings. The third-order valence-corrected chi connectivity index (χ3v) is 0. The van der Waals surface area contributed by atoms with E-state index in [1.54, 1.807) is 0 Å². The van der Waals surface area contributed by atoms with Crippen LogP contribution in [0.5, 0.6) is 0 Å². The molecule has 0 bridgehead atoms. The van der Waals surface area contributed by atoms with Crippen molar-refractivity contribution in [2.24, 2.45) is 0 Å². The Balaban J connectivity index is -0.0000000150. The molecule has 6 heteroatoms. The molecule has 0 rings (SSSR count). The van der Waals surface area contributed by atoms with E-state index in [0.717, 1.165) is 0 Å². The number of carboxylic acid groups (broad SMARTS) is 2. The van der Waals surface area contributed by atoms with Crippen LogP contribution in [0, 0.1) is 0 Å². The van der Waals surface area contributed by atoms with Gasteiger partial charge in [-0.05, 0) is 0 Å². The fourth-order valence-corrected chi connectivity index (χ4v) is 0. The Morgan fingerprint density at radius 1 is 1.14 bits per heavy atom. The Kier molecular flexibility index (Phi) is 51.3. The second-order valence-corrected chi connectivity index (χ2v) is 0.283. The van der Waals surface area contributed by atoms with Gasteiger partial charge in [0.25, 0.3) is 0 Å². The van der Waals surface area contributed by atoms with Crippen molar-refractivity contribution in [1.29, 1.82) is 0 Å². The summed E-state index contributed by atoms with van der Waals surface area (Å²) >= 11 is 0. The van der Waals surface area contributed by atoms with Gasteiger partial charge in [-0.25, -0.2) is 4.79 Å². The predicted molar refractivity (Wildman–Crippen MR) is 31.4 cm³/mol. The summed E-state index contributed by atoms with van der Waals surface area (Å²) in [6, 6.07) is 0. The zero-order valence-corrected chi connectivity index (χ0v) is 2.30. The molecule has 0 spiro atoms. The Morgan fingerprint density at radius 2 is 1.14 bits per heavy atom. The van der Waals surface area contributed by atoms with E-state index in [2.05, 4.69) is 0 Å². The molecule has 0 atom stereocenters. The summed E-state index contributed by atoms with van der Waals surface area (Å²) in [7, 11) is 0. The summed E-state index contributed by atoms with van der Waals surface area (Å²) in [5.41, 5.74) is 0. The van der Waals surface area contributed by atoms with Gasteiger partial charge < -0.3 is 15.7 Å². The topological polar surface area (TPSA) is 89.0 Å². The van der Waals surface area contributed by atoms with Gasteiger partial charge in [0.2, 0.25) is 0 Å². The van der Waals surface area contributed by atoms with Crippen molar-refractivity contribution in [2.75, 3.05) is 0 Å². The quantitative estimate of drug-likeness (QED) is 0.472.